The van der Waals surface area contributed by atoms with E-state index >= 15 is 4.39 Å². The van der Waals surface area contributed by atoms with E-state index in [1.165, 1.54) is 11.9 Å². The average Bonchev–Trinajstić information content (AvgIpc) is 2.50. The molecule has 1 aliphatic rings. The lowest BCUT2D eigenvalue weighted by Crippen LogP contribution is -2.57. The SMILES string of the molecule is CC(C)C(C(=O)OC(C)(C)C)N(C)C(=O)C1(F)CCN(C(=O)OC(C)(C)C)CC1. The molecule has 1 heterocycles. The van der Waals surface area contributed by atoms with Crippen LogP contribution in [0.3, 0.4) is 0 Å². The normalized spacial score (nSPS) is 18.2. The molecule has 1 atom stereocenters. The largest absolute Gasteiger partial charge is 0.458 e. The van der Waals surface area contributed by atoms with E-state index in [0.29, 0.717) is 0 Å². The Morgan fingerprint density at radius 3 is 1.79 bits per heavy atom. The van der Waals surface area contributed by atoms with Crippen LogP contribution in [0.25, 0.3) is 0 Å². The van der Waals surface area contributed by atoms with E-state index in [1.807, 2.05) is 0 Å². The zero-order valence-corrected chi connectivity index (χ0v) is 19.3. The molecule has 2 amide bonds. The maximum absolute atomic E-state index is 15.5. The third kappa shape index (κ3) is 7.16. The molecule has 0 aromatic carbocycles. The van der Waals surface area contributed by atoms with E-state index in [4.69, 9.17) is 9.47 Å². The summed E-state index contributed by atoms with van der Waals surface area (Å²) in [5.74, 6) is -1.56. The van der Waals surface area contributed by atoms with Gasteiger partial charge in [0.25, 0.3) is 5.91 Å². The summed E-state index contributed by atoms with van der Waals surface area (Å²) in [6.07, 6.45) is -0.808. The number of esters is 1. The minimum atomic E-state index is -2.14. The summed E-state index contributed by atoms with van der Waals surface area (Å²) in [6, 6.07) is -0.891. The van der Waals surface area contributed by atoms with Gasteiger partial charge in [0, 0.05) is 33.0 Å². The number of likely N-dealkylation sites (tertiary alicyclic amines) is 1. The van der Waals surface area contributed by atoms with Gasteiger partial charge in [-0.3, -0.25) is 4.79 Å². The Hall–Kier alpha value is -1.86. The van der Waals surface area contributed by atoms with Crippen molar-refractivity contribution in [1.82, 2.24) is 9.80 Å². The van der Waals surface area contributed by atoms with Crippen molar-refractivity contribution in [2.24, 2.45) is 5.92 Å². The van der Waals surface area contributed by atoms with Crippen LogP contribution in [-0.4, -0.2) is 70.8 Å². The summed E-state index contributed by atoms with van der Waals surface area (Å²) >= 11 is 0. The van der Waals surface area contributed by atoms with Gasteiger partial charge in [0.1, 0.15) is 17.2 Å². The highest BCUT2D eigenvalue weighted by Crippen LogP contribution is 2.31. The highest BCUT2D eigenvalue weighted by atomic mass is 19.1. The number of rotatable bonds is 4. The van der Waals surface area contributed by atoms with Gasteiger partial charge in [-0.2, -0.15) is 0 Å². The number of alkyl halides is 1. The fourth-order valence-corrected chi connectivity index (χ4v) is 3.27. The third-order valence-corrected chi connectivity index (χ3v) is 4.61. The monoisotopic (exact) mass is 416 g/mol. The second-order valence-electron chi connectivity index (χ2n) is 10.1. The molecule has 1 aliphatic heterocycles. The lowest BCUT2D eigenvalue weighted by molar-refractivity contribution is -0.169. The van der Waals surface area contributed by atoms with Crippen LogP contribution < -0.4 is 0 Å². The van der Waals surface area contributed by atoms with Gasteiger partial charge in [-0.1, -0.05) is 13.8 Å². The first kappa shape index (κ1) is 25.2. The van der Waals surface area contributed by atoms with E-state index in [1.54, 1.807) is 55.4 Å². The first-order chi connectivity index (χ1) is 13.0. The number of hydrogen-bond donors (Lipinski definition) is 0. The van der Waals surface area contributed by atoms with Gasteiger partial charge >= 0.3 is 12.1 Å². The van der Waals surface area contributed by atoms with Crippen molar-refractivity contribution in [2.45, 2.75) is 91.1 Å². The molecule has 0 N–H and O–H groups in total. The summed E-state index contributed by atoms with van der Waals surface area (Å²) < 4.78 is 26.2. The minimum absolute atomic E-state index is 0.0732. The number of likely N-dealkylation sites (N-methyl/N-ethyl adjacent to an activating group) is 1. The molecule has 168 valence electrons. The summed E-state index contributed by atoms with van der Waals surface area (Å²) in [4.78, 5) is 40.3. The Morgan fingerprint density at radius 1 is 0.966 bits per heavy atom. The smallest absolute Gasteiger partial charge is 0.410 e. The lowest BCUT2D eigenvalue weighted by atomic mass is 9.90. The fraction of sp³-hybridized carbons (Fsp3) is 0.857. The second-order valence-corrected chi connectivity index (χ2v) is 10.1. The molecule has 29 heavy (non-hydrogen) atoms. The van der Waals surface area contributed by atoms with Gasteiger partial charge in [0.15, 0.2) is 5.67 Å². The van der Waals surface area contributed by atoms with Crippen LogP contribution in [0.1, 0.15) is 68.2 Å². The summed E-state index contributed by atoms with van der Waals surface area (Å²) in [5.41, 5.74) is -3.49. The lowest BCUT2D eigenvalue weighted by Gasteiger charge is -2.40. The Morgan fingerprint density at radius 2 is 1.41 bits per heavy atom. The highest BCUT2D eigenvalue weighted by Gasteiger charge is 2.47. The van der Waals surface area contributed by atoms with Crippen molar-refractivity contribution in [3.05, 3.63) is 0 Å². The summed E-state index contributed by atoms with van der Waals surface area (Å²) in [7, 11) is 1.43. The molecule has 0 aliphatic carbocycles. The predicted molar refractivity (Wildman–Crippen MR) is 108 cm³/mol. The van der Waals surface area contributed by atoms with Crippen molar-refractivity contribution < 1.29 is 28.2 Å². The highest BCUT2D eigenvalue weighted by molar-refractivity contribution is 5.90. The number of hydrogen-bond acceptors (Lipinski definition) is 5. The van der Waals surface area contributed by atoms with Crippen molar-refractivity contribution in [1.29, 1.82) is 0 Å². The Labute approximate surface area is 173 Å². The standard InChI is InChI=1S/C21H37FN2O5/c1-14(2)15(16(25)28-19(3,4)5)23(9)17(26)21(22)10-12-24(13-11-21)18(27)29-20(6,7)8/h14-15H,10-13H2,1-9H3. The van der Waals surface area contributed by atoms with Crippen LogP contribution >= 0.6 is 0 Å². The fourth-order valence-electron chi connectivity index (χ4n) is 3.27. The van der Waals surface area contributed by atoms with Gasteiger partial charge < -0.3 is 19.3 Å². The number of carbonyl (C=O) groups excluding carboxylic acids is 3. The van der Waals surface area contributed by atoms with Gasteiger partial charge in [0.05, 0.1) is 0 Å². The summed E-state index contributed by atoms with van der Waals surface area (Å²) in [6.45, 7) is 14.2. The van der Waals surface area contributed by atoms with Crippen LogP contribution in [0.15, 0.2) is 0 Å². The van der Waals surface area contributed by atoms with Crippen molar-refractivity contribution in [2.75, 3.05) is 20.1 Å². The Bertz CT molecular complexity index is 614. The predicted octanol–water partition coefficient (Wildman–Crippen LogP) is 3.55. The van der Waals surface area contributed by atoms with E-state index in [2.05, 4.69) is 0 Å². The maximum Gasteiger partial charge on any atom is 0.410 e. The molecule has 0 aromatic rings. The molecule has 0 saturated carbocycles. The Kier molecular flexibility index (Phi) is 7.71. The van der Waals surface area contributed by atoms with Gasteiger partial charge in [0.2, 0.25) is 0 Å². The number of piperidine rings is 1. The number of ether oxygens (including phenoxy) is 2. The molecule has 0 radical (unpaired) electrons. The zero-order chi connectivity index (χ0) is 22.8. The summed E-state index contributed by atoms with van der Waals surface area (Å²) in [5, 5.41) is 0. The van der Waals surface area contributed by atoms with E-state index in [9.17, 15) is 14.4 Å². The second kappa shape index (κ2) is 8.88. The van der Waals surface area contributed by atoms with Crippen LogP contribution in [0, 0.1) is 5.92 Å². The number of carbonyl (C=O) groups is 3. The average molecular weight is 417 g/mol. The molecule has 8 heteroatoms. The van der Waals surface area contributed by atoms with Gasteiger partial charge in [-0.05, 0) is 47.5 Å². The number of nitrogens with zero attached hydrogens (tertiary/aromatic N) is 2. The Balaban J connectivity index is 2.85. The van der Waals surface area contributed by atoms with Crippen molar-refractivity contribution >= 4 is 18.0 Å². The van der Waals surface area contributed by atoms with Gasteiger partial charge in [-0.25, -0.2) is 14.0 Å². The molecule has 7 nitrogen and oxygen atoms in total. The molecule has 1 fully saturated rings. The molecule has 1 saturated heterocycles. The van der Waals surface area contributed by atoms with E-state index < -0.39 is 40.9 Å². The first-order valence-corrected chi connectivity index (χ1v) is 10.1. The topological polar surface area (TPSA) is 76.2 Å². The molecule has 1 unspecified atom stereocenters. The van der Waals surface area contributed by atoms with E-state index in [0.717, 1.165) is 4.90 Å². The van der Waals surface area contributed by atoms with Crippen LogP contribution in [-0.2, 0) is 19.1 Å². The molecule has 0 spiro atoms. The van der Waals surface area contributed by atoms with Crippen LogP contribution in [0.5, 0.6) is 0 Å². The number of amides is 2. The van der Waals surface area contributed by atoms with Crippen LogP contribution in [0.4, 0.5) is 9.18 Å². The molecule has 0 bridgehead atoms. The third-order valence-electron chi connectivity index (χ3n) is 4.61. The number of halogens is 1. The van der Waals surface area contributed by atoms with Crippen molar-refractivity contribution in [3.63, 3.8) is 0 Å². The first-order valence-electron chi connectivity index (χ1n) is 10.1. The molecule has 0 aromatic heterocycles. The zero-order valence-electron chi connectivity index (χ0n) is 19.3. The quantitative estimate of drug-likeness (QED) is 0.655. The van der Waals surface area contributed by atoms with Crippen molar-refractivity contribution in [3.8, 4) is 0 Å². The van der Waals surface area contributed by atoms with E-state index in [-0.39, 0.29) is 31.8 Å². The molecule has 1 rings (SSSR count). The van der Waals surface area contributed by atoms with Gasteiger partial charge in [-0.15, -0.1) is 0 Å². The molecular formula is C21H37FN2O5. The minimum Gasteiger partial charge on any atom is -0.458 e. The molecular weight excluding hydrogens is 379 g/mol. The van der Waals surface area contributed by atoms with Crippen LogP contribution in [0.2, 0.25) is 0 Å². The maximum atomic E-state index is 15.5.